The van der Waals surface area contributed by atoms with Gasteiger partial charge in [0.2, 0.25) is 10.0 Å². The highest BCUT2D eigenvalue weighted by atomic mass is 35.5. The average molecular weight is 354 g/mol. The normalized spacial score (nSPS) is 12.7. The lowest BCUT2D eigenvalue weighted by atomic mass is 10.1. The lowest BCUT2D eigenvalue weighted by Gasteiger charge is -2.15. The molecule has 1 heterocycles. The largest absolute Gasteiger partial charge is 0.345 e. The molecule has 0 saturated heterocycles. The summed E-state index contributed by atoms with van der Waals surface area (Å²) < 4.78 is 25.9. The number of carbonyl (C=O) groups is 1. The topological polar surface area (TPSA) is 88.2 Å². The molecule has 122 valence electrons. The predicted molar refractivity (Wildman–Crippen MR) is 87.8 cm³/mol. The van der Waals surface area contributed by atoms with Crippen LogP contribution in [0.15, 0.2) is 47.6 Å². The molecular weight excluding hydrogens is 338 g/mol. The van der Waals surface area contributed by atoms with Crippen LogP contribution >= 0.6 is 11.6 Å². The van der Waals surface area contributed by atoms with Gasteiger partial charge >= 0.3 is 0 Å². The second-order valence-electron chi connectivity index (χ2n) is 4.83. The van der Waals surface area contributed by atoms with E-state index in [1.807, 2.05) is 6.07 Å². The maximum atomic E-state index is 12.4. The van der Waals surface area contributed by atoms with Crippen LogP contribution in [0.25, 0.3) is 0 Å². The molecule has 0 saturated carbocycles. The molecule has 0 aliphatic rings. The van der Waals surface area contributed by atoms with Crippen molar-refractivity contribution in [3.8, 4) is 0 Å². The highest BCUT2D eigenvalue weighted by molar-refractivity contribution is 7.89. The molecule has 0 aliphatic carbocycles. The molecular formula is C15H16ClN3O3S. The molecule has 1 aromatic carbocycles. The van der Waals surface area contributed by atoms with Crippen molar-refractivity contribution in [3.63, 3.8) is 0 Å². The van der Waals surface area contributed by atoms with Crippen LogP contribution in [0.3, 0.4) is 0 Å². The Kier molecular flexibility index (Phi) is 5.35. The number of hydrogen-bond donors (Lipinski definition) is 2. The van der Waals surface area contributed by atoms with Crippen LogP contribution in [0.5, 0.6) is 0 Å². The number of benzene rings is 1. The number of hydrogen-bond acceptors (Lipinski definition) is 4. The van der Waals surface area contributed by atoms with Gasteiger partial charge in [-0.05, 0) is 43.8 Å². The number of halogens is 1. The van der Waals surface area contributed by atoms with Gasteiger partial charge in [0.1, 0.15) is 0 Å². The van der Waals surface area contributed by atoms with Gasteiger partial charge in [0.15, 0.2) is 0 Å². The van der Waals surface area contributed by atoms with Gasteiger partial charge in [-0.1, -0.05) is 17.7 Å². The molecule has 1 atom stereocenters. The van der Waals surface area contributed by atoms with Crippen molar-refractivity contribution in [3.05, 3.63) is 58.9 Å². The third kappa shape index (κ3) is 4.07. The summed E-state index contributed by atoms with van der Waals surface area (Å²) in [4.78, 5) is 16.4. The highest BCUT2D eigenvalue weighted by Gasteiger charge is 2.19. The molecule has 23 heavy (non-hydrogen) atoms. The van der Waals surface area contributed by atoms with Crippen molar-refractivity contribution in [2.45, 2.75) is 17.9 Å². The zero-order chi connectivity index (χ0) is 17.0. The summed E-state index contributed by atoms with van der Waals surface area (Å²) in [6, 6.07) is 7.29. The molecule has 2 N–H and O–H groups in total. The highest BCUT2D eigenvalue weighted by Crippen LogP contribution is 2.21. The summed E-state index contributed by atoms with van der Waals surface area (Å²) >= 11 is 6.03. The maximum Gasteiger partial charge on any atom is 0.253 e. The molecule has 1 unspecified atom stereocenters. The average Bonchev–Trinajstić information content (AvgIpc) is 2.55. The molecule has 0 spiro atoms. The molecule has 0 fully saturated rings. The predicted octanol–water partition coefficient (Wildman–Crippen LogP) is 2.13. The third-order valence-corrected chi connectivity index (χ3v) is 5.04. The minimum absolute atomic E-state index is 0.0245. The molecule has 0 bridgehead atoms. The Morgan fingerprint density at radius 1 is 1.30 bits per heavy atom. The lowest BCUT2D eigenvalue weighted by molar-refractivity contribution is 0.0940. The summed E-state index contributed by atoms with van der Waals surface area (Å²) in [5.74, 6) is -0.459. The third-order valence-electron chi connectivity index (χ3n) is 3.29. The number of aromatic nitrogens is 1. The second kappa shape index (κ2) is 7.08. The van der Waals surface area contributed by atoms with E-state index < -0.39 is 15.9 Å². The van der Waals surface area contributed by atoms with Crippen molar-refractivity contribution < 1.29 is 13.2 Å². The SMILES string of the molecule is CNS(=O)(=O)c1ccc(Cl)c(C(=O)NC(C)c2cccnc2)c1. The van der Waals surface area contributed by atoms with E-state index in [0.29, 0.717) is 0 Å². The fourth-order valence-electron chi connectivity index (χ4n) is 1.95. The standard InChI is InChI=1S/C15H16ClN3O3S/c1-10(11-4-3-7-18-9-11)19-15(20)13-8-12(5-6-14(13)16)23(21,22)17-2/h3-10,17H,1-2H3,(H,19,20). The summed E-state index contributed by atoms with van der Waals surface area (Å²) in [6.07, 6.45) is 3.29. The van der Waals surface area contributed by atoms with Gasteiger partial charge in [0.05, 0.1) is 21.5 Å². The zero-order valence-electron chi connectivity index (χ0n) is 12.6. The second-order valence-corrected chi connectivity index (χ2v) is 7.12. The van der Waals surface area contributed by atoms with E-state index >= 15 is 0 Å². The Hall–Kier alpha value is -1.96. The molecule has 0 radical (unpaired) electrons. The lowest BCUT2D eigenvalue weighted by Crippen LogP contribution is -2.27. The first-order valence-corrected chi connectivity index (χ1v) is 8.65. The number of pyridine rings is 1. The van der Waals surface area contributed by atoms with E-state index in [0.717, 1.165) is 5.56 Å². The van der Waals surface area contributed by atoms with Gasteiger partial charge in [0, 0.05) is 12.4 Å². The van der Waals surface area contributed by atoms with Crippen LogP contribution < -0.4 is 10.0 Å². The molecule has 2 rings (SSSR count). The van der Waals surface area contributed by atoms with Crippen molar-refractivity contribution in [1.82, 2.24) is 15.0 Å². The van der Waals surface area contributed by atoms with Gasteiger partial charge in [-0.15, -0.1) is 0 Å². The van der Waals surface area contributed by atoms with Crippen molar-refractivity contribution in [1.29, 1.82) is 0 Å². The number of nitrogens with zero attached hydrogens (tertiary/aromatic N) is 1. The number of rotatable bonds is 5. The van der Waals surface area contributed by atoms with Gasteiger partial charge in [-0.2, -0.15) is 0 Å². The minimum Gasteiger partial charge on any atom is -0.345 e. The number of sulfonamides is 1. The maximum absolute atomic E-state index is 12.4. The van der Waals surface area contributed by atoms with Crippen LogP contribution in [0.2, 0.25) is 5.02 Å². The Morgan fingerprint density at radius 3 is 2.65 bits per heavy atom. The van der Waals surface area contributed by atoms with E-state index in [-0.39, 0.29) is 21.5 Å². The van der Waals surface area contributed by atoms with Crippen molar-refractivity contribution in [2.75, 3.05) is 7.05 Å². The quantitative estimate of drug-likeness (QED) is 0.861. The summed E-state index contributed by atoms with van der Waals surface area (Å²) in [5.41, 5.74) is 0.926. The summed E-state index contributed by atoms with van der Waals surface area (Å²) in [7, 11) is -2.35. The Balaban J connectivity index is 2.27. The first kappa shape index (κ1) is 17.4. The molecule has 8 heteroatoms. The number of carbonyl (C=O) groups excluding carboxylic acids is 1. The van der Waals surface area contributed by atoms with Gasteiger partial charge in [-0.25, -0.2) is 13.1 Å². The van der Waals surface area contributed by atoms with Crippen LogP contribution in [0.1, 0.15) is 28.9 Å². The number of amides is 1. The van der Waals surface area contributed by atoms with Gasteiger partial charge in [-0.3, -0.25) is 9.78 Å². The molecule has 1 aromatic heterocycles. The van der Waals surface area contributed by atoms with E-state index in [2.05, 4.69) is 15.0 Å². The Bertz CT molecular complexity index is 810. The van der Waals surface area contributed by atoms with Crippen LogP contribution in [0, 0.1) is 0 Å². The summed E-state index contributed by atoms with van der Waals surface area (Å²) in [6.45, 7) is 1.80. The van der Waals surface area contributed by atoms with Crippen molar-refractivity contribution >= 4 is 27.5 Å². The first-order chi connectivity index (χ1) is 10.8. The van der Waals surface area contributed by atoms with Crippen LogP contribution in [-0.2, 0) is 10.0 Å². The van der Waals surface area contributed by atoms with E-state index in [1.54, 1.807) is 25.4 Å². The first-order valence-electron chi connectivity index (χ1n) is 6.79. The van der Waals surface area contributed by atoms with Gasteiger partial charge in [0.25, 0.3) is 5.91 Å². The minimum atomic E-state index is -3.65. The van der Waals surface area contributed by atoms with Crippen LogP contribution in [0.4, 0.5) is 0 Å². The smallest absolute Gasteiger partial charge is 0.253 e. The fraction of sp³-hybridized carbons (Fsp3) is 0.200. The van der Waals surface area contributed by atoms with Gasteiger partial charge < -0.3 is 5.32 Å². The molecule has 1 amide bonds. The monoisotopic (exact) mass is 353 g/mol. The van der Waals surface area contributed by atoms with E-state index in [1.165, 1.54) is 25.2 Å². The number of nitrogens with one attached hydrogen (secondary N) is 2. The Morgan fingerprint density at radius 2 is 2.04 bits per heavy atom. The van der Waals surface area contributed by atoms with E-state index in [9.17, 15) is 13.2 Å². The summed E-state index contributed by atoms with van der Waals surface area (Å²) in [5, 5.41) is 2.95. The van der Waals surface area contributed by atoms with Crippen LogP contribution in [-0.4, -0.2) is 26.4 Å². The van der Waals surface area contributed by atoms with E-state index in [4.69, 9.17) is 11.6 Å². The fourth-order valence-corrected chi connectivity index (χ4v) is 2.91. The van der Waals surface area contributed by atoms with Crippen molar-refractivity contribution in [2.24, 2.45) is 0 Å². The molecule has 0 aliphatic heterocycles. The molecule has 2 aromatic rings. The zero-order valence-corrected chi connectivity index (χ0v) is 14.1. The Labute approximate surface area is 139 Å². The molecule has 6 nitrogen and oxygen atoms in total.